The van der Waals surface area contributed by atoms with Crippen LogP contribution in [0.15, 0.2) is 30.7 Å². The number of H-pyrrole nitrogens is 1. The molecule has 2 aromatic rings. The molecule has 0 unspecified atom stereocenters. The van der Waals surface area contributed by atoms with Crippen molar-refractivity contribution in [1.29, 1.82) is 0 Å². The van der Waals surface area contributed by atoms with Gasteiger partial charge in [0, 0.05) is 17.7 Å². The number of alkyl halides is 3. The number of halogens is 4. The minimum atomic E-state index is -4.38. The van der Waals surface area contributed by atoms with Gasteiger partial charge in [-0.2, -0.15) is 13.2 Å². The van der Waals surface area contributed by atoms with Gasteiger partial charge in [-0.05, 0) is 0 Å². The van der Waals surface area contributed by atoms with E-state index in [2.05, 4.69) is 9.97 Å². The lowest BCUT2D eigenvalue weighted by Gasteiger charge is -2.01. The van der Waals surface area contributed by atoms with Gasteiger partial charge in [0.2, 0.25) is 0 Å². The van der Waals surface area contributed by atoms with Crippen molar-refractivity contribution >= 4 is 0 Å². The Balaban J connectivity index is 0.00000144. The van der Waals surface area contributed by atoms with Gasteiger partial charge in [-0.15, -0.1) is 0 Å². The quantitative estimate of drug-likeness (QED) is 0.513. The lowest BCUT2D eigenvalue weighted by molar-refractivity contribution is -0.671. The number of hydrogen-bond donors (Lipinski definition) is 1. The maximum atomic E-state index is 12.3. The second-order valence-corrected chi connectivity index (χ2v) is 3.40. The van der Waals surface area contributed by atoms with Crippen LogP contribution >= 0.6 is 0 Å². The molecule has 2 rings (SSSR count). The lowest BCUT2D eigenvalue weighted by atomic mass is 10.2. The number of aryl methyl sites for hydroxylation is 1. The number of imidazole rings is 1. The van der Waals surface area contributed by atoms with E-state index in [0.717, 1.165) is 6.20 Å². The molecule has 0 aliphatic rings. The van der Waals surface area contributed by atoms with E-state index < -0.39 is 11.9 Å². The number of rotatable bonds is 1. The van der Waals surface area contributed by atoms with Crippen molar-refractivity contribution in [3.63, 3.8) is 0 Å². The first-order chi connectivity index (χ1) is 7.47. The molecule has 0 saturated carbocycles. The van der Waals surface area contributed by atoms with E-state index in [1.165, 1.54) is 0 Å². The fourth-order valence-corrected chi connectivity index (χ4v) is 1.27. The molecular formula is C10H9F3IN3. The number of hydrogen-bond acceptors (Lipinski definition) is 1. The van der Waals surface area contributed by atoms with Crippen LogP contribution in [-0.4, -0.2) is 9.97 Å². The zero-order chi connectivity index (χ0) is 11.8. The summed E-state index contributed by atoms with van der Waals surface area (Å²) in [5.41, 5.74) is -0.218. The van der Waals surface area contributed by atoms with Crippen LogP contribution in [0.4, 0.5) is 13.2 Å². The Labute approximate surface area is 113 Å². The van der Waals surface area contributed by atoms with E-state index in [1.807, 2.05) is 7.05 Å². The molecule has 3 nitrogen and oxygen atoms in total. The maximum absolute atomic E-state index is 12.3. The first kappa shape index (κ1) is 13.9. The molecular weight excluding hydrogens is 346 g/mol. The van der Waals surface area contributed by atoms with Crippen LogP contribution < -0.4 is 28.5 Å². The third-order valence-corrected chi connectivity index (χ3v) is 2.13. The predicted molar refractivity (Wildman–Crippen MR) is 50.2 cm³/mol. The zero-order valence-electron chi connectivity index (χ0n) is 8.79. The summed E-state index contributed by atoms with van der Waals surface area (Å²) in [6.45, 7) is 0. The van der Waals surface area contributed by atoms with Gasteiger partial charge in [-0.25, -0.2) is 9.55 Å². The second kappa shape index (κ2) is 5.03. The van der Waals surface area contributed by atoms with E-state index in [1.54, 1.807) is 29.1 Å². The van der Waals surface area contributed by atoms with Gasteiger partial charge in [0.25, 0.3) is 0 Å². The minimum absolute atomic E-state index is 0. The molecule has 0 aliphatic carbocycles. The number of nitrogens with zero attached hydrogens (tertiary/aromatic N) is 2. The first-order valence-corrected chi connectivity index (χ1v) is 4.55. The fourth-order valence-electron chi connectivity index (χ4n) is 1.27. The summed E-state index contributed by atoms with van der Waals surface area (Å²) in [6, 6.07) is 3.39. The second-order valence-electron chi connectivity index (χ2n) is 3.40. The van der Waals surface area contributed by atoms with Crippen molar-refractivity contribution < 1.29 is 41.7 Å². The highest BCUT2D eigenvalue weighted by atomic mass is 127. The number of aromatic amines is 1. The number of aromatic nitrogens is 3. The van der Waals surface area contributed by atoms with Crippen molar-refractivity contribution in [3.8, 4) is 11.4 Å². The normalized spacial score (nSPS) is 11.1. The van der Waals surface area contributed by atoms with E-state index >= 15 is 0 Å². The maximum Gasteiger partial charge on any atom is 0.432 e. The SMILES string of the molecule is C[n+]1ccc(-c2ncc(C(F)(F)F)[nH]2)cc1.[I-]. The Morgan fingerprint density at radius 3 is 2.29 bits per heavy atom. The molecule has 0 aliphatic heterocycles. The van der Waals surface area contributed by atoms with Crippen molar-refractivity contribution in [3.05, 3.63) is 36.4 Å². The van der Waals surface area contributed by atoms with Crippen LogP contribution in [0, 0.1) is 0 Å². The summed E-state index contributed by atoms with van der Waals surface area (Å²) < 4.78 is 38.7. The Hall–Kier alpha value is -1.12. The van der Waals surface area contributed by atoms with Crippen molar-refractivity contribution in [2.75, 3.05) is 0 Å². The van der Waals surface area contributed by atoms with Gasteiger partial charge in [-0.1, -0.05) is 0 Å². The summed E-state index contributed by atoms with van der Waals surface area (Å²) >= 11 is 0. The third-order valence-electron chi connectivity index (χ3n) is 2.13. The number of nitrogens with one attached hydrogen (secondary N) is 1. The molecule has 0 atom stereocenters. The van der Waals surface area contributed by atoms with Crippen molar-refractivity contribution in [2.45, 2.75) is 6.18 Å². The fraction of sp³-hybridized carbons (Fsp3) is 0.200. The highest BCUT2D eigenvalue weighted by Gasteiger charge is 2.33. The monoisotopic (exact) mass is 355 g/mol. The zero-order valence-corrected chi connectivity index (χ0v) is 11.0. The summed E-state index contributed by atoms with van der Waals surface area (Å²) in [5, 5.41) is 0. The van der Waals surface area contributed by atoms with Crippen LogP contribution in [0.2, 0.25) is 0 Å². The molecule has 92 valence electrons. The standard InChI is InChI=1S/C10H8F3N3.HI/c1-16-4-2-7(3-5-16)9-14-6-8(15-9)10(11,12)13;/h2-6H,1H3;1H. The predicted octanol–water partition coefficient (Wildman–Crippen LogP) is -1.08. The van der Waals surface area contributed by atoms with Gasteiger partial charge in [-0.3, -0.25) is 0 Å². The largest absolute Gasteiger partial charge is 1.00 e. The Bertz CT molecular complexity index is 490. The molecule has 0 aromatic carbocycles. The summed E-state index contributed by atoms with van der Waals surface area (Å²) in [6.07, 6.45) is -0.108. The van der Waals surface area contributed by atoms with Gasteiger partial charge in [0.1, 0.15) is 18.6 Å². The van der Waals surface area contributed by atoms with Crippen LogP contribution in [0.3, 0.4) is 0 Å². The van der Waals surface area contributed by atoms with Crippen LogP contribution in [-0.2, 0) is 13.2 Å². The highest BCUT2D eigenvalue weighted by molar-refractivity contribution is 5.53. The topological polar surface area (TPSA) is 32.6 Å². The van der Waals surface area contributed by atoms with Gasteiger partial charge in [0.15, 0.2) is 12.4 Å². The number of pyridine rings is 1. The minimum Gasteiger partial charge on any atom is -1.00 e. The van der Waals surface area contributed by atoms with E-state index in [-0.39, 0.29) is 29.8 Å². The van der Waals surface area contributed by atoms with Gasteiger partial charge >= 0.3 is 6.18 Å². The van der Waals surface area contributed by atoms with Crippen molar-refractivity contribution in [2.24, 2.45) is 7.05 Å². The molecule has 0 amide bonds. The average molecular weight is 355 g/mol. The molecule has 0 radical (unpaired) electrons. The molecule has 2 heterocycles. The van der Waals surface area contributed by atoms with Gasteiger partial charge < -0.3 is 29.0 Å². The Morgan fingerprint density at radius 1 is 1.24 bits per heavy atom. The average Bonchev–Trinajstić information content (AvgIpc) is 2.67. The molecule has 0 bridgehead atoms. The van der Waals surface area contributed by atoms with Crippen LogP contribution in [0.1, 0.15) is 5.69 Å². The summed E-state index contributed by atoms with van der Waals surface area (Å²) in [5.74, 6) is 0.216. The summed E-state index contributed by atoms with van der Waals surface area (Å²) in [7, 11) is 1.83. The third kappa shape index (κ3) is 3.18. The molecule has 17 heavy (non-hydrogen) atoms. The van der Waals surface area contributed by atoms with E-state index in [0.29, 0.717) is 5.56 Å². The first-order valence-electron chi connectivity index (χ1n) is 4.55. The summed E-state index contributed by atoms with van der Waals surface area (Å²) in [4.78, 5) is 5.94. The lowest BCUT2D eigenvalue weighted by Crippen LogP contribution is -3.00. The molecule has 0 saturated heterocycles. The van der Waals surface area contributed by atoms with Crippen LogP contribution in [0.25, 0.3) is 11.4 Å². The smallest absolute Gasteiger partial charge is 0.432 e. The molecule has 7 heteroatoms. The van der Waals surface area contributed by atoms with Gasteiger partial charge in [0.05, 0.1) is 6.20 Å². The molecule has 0 spiro atoms. The van der Waals surface area contributed by atoms with Crippen molar-refractivity contribution in [1.82, 2.24) is 9.97 Å². The molecule has 0 fully saturated rings. The van der Waals surface area contributed by atoms with Crippen LogP contribution in [0.5, 0.6) is 0 Å². The van der Waals surface area contributed by atoms with E-state index in [4.69, 9.17) is 0 Å². The highest BCUT2D eigenvalue weighted by Crippen LogP contribution is 2.28. The van der Waals surface area contributed by atoms with E-state index in [9.17, 15) is 13.2 Å². The Morgan fingerprint density at radius 2 is 1.82 bits per heavy atom. The Kier molecular flexibility index (Phi) is 4.12. The molecule has 2 aromatic heterocycles. The molecule has 1 N–H and O–H groups in total.